The number of hydrogen-bond donors (Lipinski definition) is 1. The minimum atomic E-state index is 0.643. The van der Waals surface area contributed by atoms with E-state index in [4.69, 9.17) is 0 Å². The number of nitrogens with zero attached hydrogens (tertiary/aromatic N) is 3. The van der Waals surface area contributed by atoms with Crippen LogP contribution in [0.3, 0.4) is 0 Å². The Hall–Kier alpha value is -1.03. The molecule has 1 saturated carbocycles. The average molecular weight is 264 g/mol. The van der Waals surface area contributed by atoms with Crippen molar-refractivity contribution in [3.63, 3.8) is 0 Å². The number of nitrogens with one attached hydrogen (secondary N) is 1. The molecule has 0 aliphatic heterocycles. The van der Waals surface area contributed by atoms with Gasteiger partial charge in [0, 0.05) is 25.0 Å². The maximum absolute atomic E-state index is 4.46. The number of imidazole rings is 1. The Morgan fingerprint density at radius 1 is 1.32 bits per heavy atom. The van der Waals surface area contributed by atoms with Crippen LogP contribution in [0.4, 0.5) is 5.95 Å². The third-order valence-electron chi connectivity index (χ3n) is 4.17. The first-order chi connectivity index (χ1) is 9.33. The third-order valence-corrected chi connectivity index (χ3v) is 4.17. The van der Waals surface area contributed by atoms with E-state index in [1.807, 2.05) is 6.20 Å². The van der Waals surface area contributed by atoms with Gasteiger partial charge in [0.1, 0.15) is 0 Å². The van der Waals surface area contributed by atoms with Crippen molar-refractivity contribution >= 4 is 5.95 Å². The monoisotopic (exact) mass is 264 g/mol. The molecule has 4 heteroatoms. The van der Waals surface area contributed by atoms with Crippen molar-refractivity contribution in [1.29, 1.82) is 0 Å². The van der Waals surface area contributed by atoms with E-state index in [1.165, 1.54) is 38.6 Å². The van der Waals surface area contributed by atoms with Crippen LogP contribution in [0.25, 0.3) is 0 Å². The lowest BCUT2D eigenvalue weighted by Crippen LogP contribution is -2.25. The molecule has 1 aliphatic carbocycles. The van der Waals surface area contributed by atoms with Gasteiger partial charge in [-0.25, -0.2) is 4.98 Å². The summed E-state index contributed by atoms with van der Waals surface area (Å²) in [6, 6.07) is 0.643. The lowest BCUT2D eigenvalue weighted by atomic mass is 10.2. The van der Waals surface area contributed by atoms with E-state index in [0.717, 1.165) is 25.6 Å². The summed E-state index contributed by atoms with van der Waals surface area (Å²) in [7, 11) is 0. The summed E-state index contributed by atoms with van der Waals surface area (Å²) in [5.74, 6) is 1.06. The van der Waals surface area contributed by atoms with Crippen molar-refractivity contribution in [2.75, 3.05) is 25.0 Å². The Labute approximate surface area is 117 Å². The molecule has 0 saturated heterocycles. The standard InChI is InChI=1S/C15H28N4/c1-3-18(4-2)11-7-12-19-13-10-16-15(19)17-14-8-5-6-9-14/h10,13-14H,3-9,11-12H2,1-2H3,(H,16,17). The molecule has 0 amide bonds. The molecular formula is C15H28N4. The van der Waals surface area contributed by atoms with Gasteiger partial charge in [0.2, 0.25) is 5.95 Å². The average Bonchev–Trinajstić information content (AvgIpc) is 3.08. The number of aryl methyl sites for hydroxylation is 1. The van der Waals surface area contributed by atoms with Crippen molar-refractivity contribution in [3.05, 3.63) is 12.4 Å². The van der Waals surface area contributed by atoms with Gasteiger partial charge in [-0.3, -0.25) is 0 Å². The van der Waals surface area contributed by atoms with Crippen LogP contribution in [-0.2, 0) is 6.54 Å². The van der Waals surface area contributed by atoms with E-state index in [9.17, 15) is 0 Å². The zero-order valence-corrected chi connectivity index (χ0v) is 12.4. The predicted octanol–water partition coefficient (Wildman–Crippen LogP) is 2.97. The van der Waals surface area contributed by atoms with E-state index in [2.05, 4.69) is 39.8 Å². The van der Waals surface area contributed by atoms with Crippen molar-refractivity contribution in [1.82, 2.24) is 14.5 Å². The first-order valence-electron chi connectivity index (χ1n) is 7.83. The fraction of sp³-hybridized carbons (Fsp3) is 0.800. The Morgan fingerprint density at radius 2 is 2.05 bits per heavy atom. The molecule has 108 valence electrons. The summed E-state index contributed by atoms with van der Waals surface area (Å²) in [4.78, 5) is 6.93. The maximum Gasteiger partial charge on any atom is 0.202 e. The van der Waals surface area contributed by atoms with E-state index in [-0.39, 0.29) is 0 Å². The van der Waals surface area contributed by atoms with E-state index >= 15 is 0 Å². The van der Waals surface area contributed by atoms with Crippen LogP contribution in [0.15, 0.2) is 12.4 Å². The largest absolute Gasteiger partial charge is 0.353 e. The molecule has 1 heterocycles. The van der Waals surface area contributed by atoms with Crippen LogP contribution in [0.1, 0.15) is 46.0 Å². The van der Waals surface area contributed by atoms with Gasteiger partial charge in [0.15, 0.2) is 0 Å². The predicted molar refractivity (Wildman–Crippen MR) is 80.5 cm³/mol. The van der Waals surface area contributed by atoms with Crippen molar-refractivity contribution in [2.24, 2.45) is 0 Å². The molecule has 4 nitrogen and oxygen atoms in total. The summed E-state index contributed by atoms with van der Waals surface area (Å²) in [5.41, 5.74) is 0. The van der Waals surface area contributed by atoms with Crippen LogP contribution >= 0.6 is 0 Å². The Kier molecular flexibility index (Phi) is 5.70. The molecule has 0 atom stereocenters. The Morgan fingerprint density at radius 3 is 2.74 bits per heavy atom. The first-order valence-corrected chi connectivity index (χ1v) is 7.83. The molecule has 1 aliphatic rings. The van der Waals surface area contributed by atoms with Gasteiger partial charge >= 0.3 is 0 Å². The van der Waals surface area contributed by atoms with Gasteiger partial charge in [0.25, 0.3) is 0 Å². The fourth-order valence-corrected chi connectivity index (χ4v) is 2.89. The second kappa shape index (κ2) is 7.53. The summed E-state index contributed by atoms with van der Waals surface area (Å²) in [6.45, 7) is 8.99. The normalized spacial score (nSPS) is 16.4. The number of anilines is 1. The fourth-order valence-electron chi connectivity index (χ4n) is 2.89. The maximum atomic E-state index is 4.46. The quantitative estimate of drug-likeness (QED) is 0.783. The molecule has 0 aromatic carbocycles. The molecule has 0 bridgehead atoms. The number of hydrogen-bond acceptors (Lipinski definition) is 3. The molecule has 0 radical (unpaired) electrons. The van der Waals surface area contributed by atoms with Gasteiger partial charge in [-0.1, -0.05) is 26.7 Å². The van der Waals surface area contributed by atoms with Crippen LogP contribution in [0.2, 0.25) is 0 Å². The zero-order valence-electron chi connectivity index (χ0n) is 12.4. The third kappa shape index (κ3) is 4.23. The van der Waals surface area contributed by atoms with E-state index in [1.54, 1.807) is 0 Å². The highest BCUT2D eigenvalue weighted by Gasteiger charge is 2.16. The lowest BCUT2D eigenvalue weighted by molar-refractivity contribution is 0.293. The van der Waals surface area contributed by atoms with Crippen molar-refractivity contribution in [3.8, 4) is 0 Å². The zero-order chi connectivity index (χ0) is 13.5. The van der Waals surface area contributed by atoms with Crippen LogP contribution in [0.5, 0.6) is 0 Å². The molecule has 1 fully saturated rings. The molecule has 1 N–H and O–H groups in total. The smallest absolute Gasteiger partial charge is 0.202 e. The summed E-state index contributed by atoms with van der Waals surface area (Å²) >= 11 is 0. The number of aromatic nitrogens is 2. The summed E-state index contributed by atoms with van der Waals surface area (Å²) in [5, 5.41) is 3.59. The molecular weight excluding hydrogens is 236 g/mol. The van der Waals surface area contributed by atoms with Crippen LogP contribution in [0, 0.1) is 0 Å². The molecule has 1 aromatic heterocycles. The molecule has 1 aromatic rings. The number of rotatable bonds is 8. The van der Waals surface area contributed by atoms with Gasteiger partial charge in [-0.2, -0.15) is 0 Å². The first kappa shape index (κ1) is 14.4. The summed E-state index contributed by atoms with van der Waals surface area (Å²) in [6.07, 6.45) is 10.5. The van der Waals surface area contributed by atoms with E-state index < -0.39 is 0 Å². The highest BCUT2D eigenvalue weighted by atomic mass is 15.2. The molecule has 0 unspecified atom stereocenters. The van der Waals surface area contributed by atoms with Gasteiger partial charge in [0.05, 0.1) is 0 Å². The van der Waals surface area contributed by atoms with Gasteiger partial charge in [-0.15, -0.1) is 0 Å². The van der Waals surface area contributed by atoms with Crippen LogP contribution < -0.4 is 5.32 Å². The molecule has 19 heavy (non-hydrogen) atoms. The van der Waals surface area contributed by atoms with Crippen molar-refractivity contribution in [2.45, 2.75) is 58.5 Å². The minimum Gasteiger partial charge on any atom is -0.353 e. The lowest BCUT2D eigenvalue weighted by Gasteiger charge is -2.19. The molecule has 0 spiro atoms. The molecule has 2 rings (SSSR count). The van der Waals surface area contributed by atoms with Crippen molar-refractivity contribution < 1.29 is 0 Å². The second-order valence-electron chi connectivity index (χ2n) is 5.45. The van der Waals surface area contributed by atoms with Crippen LogP contribution in [-0.4, -0.2) is 40.1 Å². The SMILES string of the molecule is CCN(CC)CCCn1ccnc1NC1CCCC1. The van der Waals surface area contributed by atoms with Gasteiger partial charge < -0.3 is 14.8 Å². The minimum absolute atomic E-state index is 0.643. The Balaban J connectivity index is 1.78. The summed E-state index contributed by atoms with van der Waals surface area (Å²) < 4.78 is 2.27. The highest BCUT2D eigenvalue weighted by molar-refractivity contribution is 5.27. The van der Waals surface area contributed by atoms with E-state index in [0.29, 0.717) is 6.04 Å². The van der Waals surface area contributed by atoms with Gasteiger partial charge in [-0.05, 0) is 38.9 Å². The highest BCUT2D eigenvalue weighted by Crippen LogP contribution is 2.21. The second-order valence-corrected chi connectivity index (χ2v) is 5.45. The topological polar surface area (TPSA) is 33.1 Å². The Bertz CT molecular complexity index is 351.